The van der Waals surface area contributed by atoms with E-state index in [2.05, 4.69) is 10.3 Å². The van der Waals surface area contributed by atoms with Gasteiger partial charge in [0, 0.05) is 23.8 Å². The summed E-state index contributed by atoms with van der Waals surface area (Å²) in [6, 6.07) is 10.3. The van der Waals surface area contributed by atoms with Gasteiger partial charge in [-0.25, -0.2) is 4.39 Å². The Bertz CT molecular complexity index is 516. The lowest BCUT2D eigenvalue weighted by Crippen LogP contribution is -2.19. The van der Waals surface area contributed by atoms with Crippen molar-refractivity contribution in [2.24, 2.45) is 0 Å². The zero-order chi connectivity index (χ0) is 13.0. The highest BCUT2D eigenvalue weighted by Gasteiger charge is 2.10. The van der Waals surface area contributed by atoms with E-state index in [1.54, 1.807) is 12.3 Å². The van der Waals surface area contributed by atoms with E-state index in [0.717, 1.165) is 11.3 Å². The molecule has 1 aromatic heterocycles. The van der Waals surface area contributed by atoms with E-state index < -0.39 is 0 Å². The Labute approximate surface area is 111 Å². The van der Waals surface area contributed by atoms with Gasteiger partial charge in [-0.1, -0.05) is 23.7 Å². The van der Waals surface area contributed by atoms with Crippen molar-refractivity contribution >= 4 is 11.6 Å². The Balaban J connectivity index is 2.01. The van der Waals surface area contributed by atoms with Crippen LogP contribution in [0.1, 0.15) is 24.2 Å². The fraction of sp³-hybridized carbons (Fsp3) is 0.214. The highest BCUT2D eigenvalue weighted by molar-refractivity contribution is 6.31. The monoisotopic (exact) mass is 264 g/mol. The summed E-state index contributed by atoms with van der Waals surface area (Å²) in [5.41, 5.74) is 1.84. The van der Waals surface area contributed by atoms with Gasteiger partial charge in [0.05, 0.1) is 5.69 Å². The normalized spacial score (nSPS) is 12.4. The molecule has 0 bridgehead atoms. The van der Waals surface area contributed by atoms with E-state index in [-0.39, 0.29) is 11.9 Å². The molecular weight excluding hydrogens is 251 g/mol. The van der Waals surface area contributed by atoms with Crippen LogP contribution in [0.3, 0.4) is 0 Å². The molecule has 0 saturated heterocycles. The van der Waals surface area contributed by atoms with Gasteiger partial charge in [-0.2, -0.15) is 0 Å². The predicted molar refractivity (Wildman–Crippen MR) is 70.9 cm³/mol. The quantitative estimate of drug-likeness (QED) is 0.910. The molecule has 4 heteroatoms. The molecule has 2 nitrogen and oxygen atoms in total. The number of aromatic nitrogens is 1. The number of hydrogen-bond donors (Lipinski definition) is 1. The SMILES string of the molecule is CC(NCc1ccccn1)c1ccc(F)cc1Cl. The van der Waals surface area contributed by atoms with Gasteiger partial charge in [0.1, 0.15) is 5.82 Å². The smallest absolute Gasteiger partial charge is 0.124 e. The van der Waals surface area contributed by atoms with Crippen molar-refractivity contribution in [1.29, 1.82) is 0 Å². The summed E-state index contributed by atoms with van der Waals surface area (Å²) in [5, 5.41) is 3.75. The van der Waals surface area contributed by atoms with Crippen LogP contribution in [0, 0.1) is 5.82 Å². The Hall–Kier alpha value is -1.45. The van der Waals surface area contributed by atoms with E-state index in [9.17, 15) is 4.39 Å². The Morgan fingerprint density at radius 2 is 2.17 bits per heavy atom. The van der Waals surface area contributed by atoms with Crippen molar-refractivity contribution in [2.75, 3.05) is 0 Å². The van der Waals surface area contributed by atoms with Gasteiger partial charge in [-0.3, -0.25) is 4.98 Å². The Morgan fingerprint density at radius 3 is 2.83 bits per heavy atom. The molecule has 0 radical (unpaired) electrons. The van der Waals surface area contributed by atoms with E-state index >= 15 is 0 Å². The molecule has 0 aliphatic heterocycles. The van der Waals surface area contributed by atoms with Crippen molar-refractivity contribution in [3.05, 3.63) is 64.7 Å². The average Bonchev–Trinajstić information content (AvgIpc) is 2.37. The first-order chi connectivity index (χ1) is 8.66. The number of nitrogens with zero attached hydrogens (tertiary/aromatic N) is 1. The van der Waals surface area contributed by atoms with Crippen LogP contribution in [0.2, 0.25) is 5.02 Å². The van der Waals surface area contributed by atoms with E-state index in [4.69, 9.17) is 11.6 Å². The van der Waals surface area contributed by atoms with Gasteiger partial charge >= 0.3 is 0 Å². The largest absolute Gasteiger partial charge is 0.305 e. The fourth-order valence-electron chi connectivity index (χ4n) is 1.72. The van der Waals surface area contributed by atoms with Gasteiger partial charge in [0.15, 0.2) is 0 Å². The highest BCUT2D eigenvalue weighted by atomic mass is 35.5. The number of hydrogen-bond acceptors (Lipinski definition) is 2. The summed E-state index contributed by atoms with van der Waals surface area (Å²) < 4.78 is 12.9. The summed E-state index contributed by atoms with van der Waals surface area (Å²) in [4.78, 5) is 4.23. The Kier molecular flexibility index (Phi) is 4.28. The van der Waals surface area contributed by atoms with Crippen molar-refractivity contribution in [2.45, 2.75) is 19.5 Å². The zero-order valence-corrected chi connectivity index (χ0v) is 10.8. The fourth-order valence-corrected chi connectivity index (χ4v) is 2.05. The lowest BCUT2D eigenvalue weighted by atomic mass is 10.1. The molecule has 0 aliphatic carbocycles. The summed E-state index contributed by atoms with van der Waals surface area (Å²) in [5.74, 6) is -0.319. The third-order valence-corrected chi connectivity index (χ3v) is 3.07. The van der Waals surface area contributed by atoms with Gasteiger partial charge in [0.2, 0.25) is 0 Å². The number of halogens is 2. The van der Waals surface area contributed by atoms with Gasteiger partial charge in [-0.05, 0) is 36.8 Å². The first-order valence-electron chi connectivity index (χ1n) is 5.75. The van der Waals surface area contributed by atoms with Crippen LogP contribution >= 0.6 is 11.6 Å². The van der Waals surface area contributed by atoms with Gasteiger partial charge < -0.3 is 5.32 Å². The van der Waals surface area contributed by atoms with Crippen LogP contribution in [-0.2, 0) is 6.54 Å². The molecule has 1 N–H and O–H groups in total. The molecule has 0 amide bonds. The second-order valence-electron chi connectivity index (χ2n) is 4.09. The van der Waals surface area contributed by atoms with Crippen molar-refractivity contribution in [3.63, 3.8) is 0 Å². The van der Waals surface area contributed by atoms with Gasteiger partial charge in [-0.15, -0.1) is 0 Å². The maximum Gasteiger partial charge on any atom is 0.124 e. The topological polar surface area (TPSA) is 24.9 Å². The Morgan fingerprint density at radius 1 is 1.33 bits per heavy atom. The van der Waals surface area contributed by atoms with Crippen LogP contribution in [0.25, 0.3) is 0 Å². The summed E-state index contributed by atoms with van der Waals surface area (Å²) in [7, 11) is 0. The maximum atomic E-state index is 12.9. The number of benzene rings is 1. The minimum Gasteiger partial charge on any atom is -0.305 e. The van der Waals surface area contributed by atoms with Crippen LogP contribution < -0.4 is 5.32 Å². The number of pyridine rings is 1. The summed E-state index contributed by atoms with van der Waals surface area (Å²) in [6.45, 7) is 2.64. The summed E-state index contributed by atoms with van der Waals surface area (Å²) in [6.07, 6.45) is 1.76. The van der Waals surface area contributed by atoms with Crippen LogP contribution in [-0.4, -0.2) is 4.98 Å². The second kappa shape index (κ2) is 5.94. The first kappa shape index (κ1) is 13.0. The third kappa shape index (κ3) is 3.28. The van der Waals surface area contributed by atoms with Gasteiger partial charge in [0.25, 0.3) is 0 Å². The molecule has 0 aliphatic rings. The zero-order valence-electron chi connectivity index (χ0n) is 10.0. The molecule has 94 valence electrons. The molecular formula is C14H14ClFN2. The molecule has 0 saturated carbocycles. The molecule has 2 rings (SSSR count). The molecule has 1 atom stereocenters. The number of rotatable bonds is 4. The molecule has 18 heavy (non-hydrogen) atoms. The second-order valence-corrected chi connectivity index (χ2v) is 4.50. The molecule has 0 fully saturated rings. The van der Waals surface area contributed by atoms with E-state index in [0.29, 0.717) is 11.6 Å². The van der Waals surface area contributed by atoms with Crippen LogP contribution in [0.15, 0.2) is 42.6 Å². The van der Waals surface area contributed by atoms with Crippen LogP contribution in [0.5, 0.6) is 0 Å². The minimum absolute atomic E-state index is 0.0418. The maximum absolute atomic E-state index is 12.9. The lowest BCUT2D eigenvalue weighted by Gasteiger charge is -2.15. The first-order valence-corrected chi connectivity index (χ1v) is 6.13. The molecule has 1 unspecified atom stereocenters. The molecule has 0 spiro atoms. The standard InChI is InChI=1S/C14H14ClFN2/c1-10(13-6-5-11(16)8-14(13)15)18-9-12-4-2-3-7-17-12/h2-8,10,18H,9H2,1H3. The van der Waals surface area contributed by atoms with E-state index in [1.807, 2.05) is 25.1 Å². The number of nitrogens with one attached hydrogen (secondary N) is 1. The van der Waals surface area contributed by atoms with Crippen molar-refractivity contribution < 1.29 is 4.39 Å². The predicted octanol–water partition coefficient (Wildman–Crippen LogP) is 3.72. The minimum atomic E-state index is -0.319. The van der Waals surface area contributed by atoms with Crippen LogP contribution in [0.4, 0.5) is 4.39 Å². The molecule has 2 aromatic rings. The van der Waals surface area contributed by atoms with E-state index in [1.165, 1.54) is 12.1 Å². The third-order valence-electron chi connectivity index (χ3n) is 2.74. The molecule has 1 aromatic carbocycles. The highest BCUT2D eigenvalue weighted by Crippen LogP contribution is 2.23. The summed E-state index contributed by atoms with van der Waals surface area (Å²) >= 11 is 6.01. The van der Waals surface area contributed by atoms with Crippen molar-refractivity contribution in [1.82, 2.24) is 10.3 Å². The van der Waals surface area contributed by atoms with Crippen molar-refractivity contribution in [3.8, 4) is 0 Å². The molecule has 1 heterocycles. The lowest BCUT2D eigenvalue weighted by molar-refractivity contribution is 0.565. The average molecular weight is 265 g/mol.